The number of alkyl halides is 2. The van der Waals surface area contributed by atoms with Gasteiger partial charge in [0, 0.05) is 36.8 Å². The molecule has 2 aliphatic rings. The number of nitrogens with one attached hydrogen (secondary N) is 2. The van der Waals surface area contributed by atoms with Gasteiger partial charge in [-0.25, -0.2) is 4.39 Å². The van der Waals surface area contributed by atoms with Gasteiger partial charge in [-0.15, -0.1) is 0 Å². The van der Waals surface area contributed by atoms with E-state index in [0.29, 0.717) is 19.0 Å². The summed E-state index contributed by atoms with van der Waals surface area (Å²) in [6.07, 6.45) is 1.90. The first-order valence-corrected chi connectivity index (χ1v) is 10.0. The van der Waals surface area contributed by atoms with Crippen LogP contribution in [0.3, 0.4) is 0 Å². The summed E-state index contributed by atoms with van der Waals surface area (Å²) in [5.41, 5.74) is -0.0820. The maximum atomic E-state index is 13.5. The highest BCUT2D eigenvalue weighted by Crippen LogP contribution is 2.51. The highest BCUT2D eigenvalue weighted by atomic mass is 19.3. The number of benzene rings is 1. The van der Waals surface area contributed by atoms with E-state index < -0.39 is 18.3 Å². The maximum absolute atomic E-state index is 13.5. The molecule has 1 heterocycles. The van der Waals surface area contributed by atoms with Gasteiger partial charge in [0.25, 0.3) is 5.91 Å². The molecule has 2 N–H and O–H groups in total. The summed E-state index contributed by atoms with van der Waals surface area (Å²) in [4.78, 5) is 26.3. The summed E-state index contributed by atoms with van der Waals surface area (Å²) in [6, 6.07) is 2.89. The van der Waals surface area contributed by atoms with Crippen LogP contribution in [0.1, 0.15) is 44.0 Å². The largest absolute Gasteiger partial charge is 0.435 e. The number of ether oxygens (including phenoxy) is 1. The average molecular weight is 427 g/mol. The van der Waals surface area contributed by atoms with Crippen LogP contribution in [-0.4, -0.2) is 55.0 Å². The van der Waals surface area contributed by atoms with E-state index in [1.165, 1.54) is 0 Å². The predicted molar refractivity (Wildman–Crippen MR) is 105 cm³/mol. The number of rotatable bonds is 7. The van der Waals surface area contributed by atoms with E-state index in [1.54, 1.807) is 0 Å². The van der Waals surface area contributed by atoms with E-state index in [-0.39, 0.29) is 28.2 Å². The van der Waals surface area contributed by atoms with Crippen LogP contribution in [0.2, 0.25) is 0 Å². The standard InChI is InChI=1S/C21H28F3N3O3/c1-20(2,3)26-17(28)10-27-11-21(12-27)7-13(8-21)9-25-18(29)14-4-15(22)6-16(5-14)30-19(23)24/h4-6,13,19H,7-12H2,1-3H3,(H,25,29)(H,26,28). The molecule has 2 amide bonds. The fourth-order valence-corrected chi connectivity index (χ4v) is 4.45. The molecule has 6 nitrogen and oxygen atoms in total. The fourth-order valence-electron chi connectivity index (χ4n) is 4.45. The third-order valence-corrected chi connectivity index (χ3v) is 5.35. The minimum absolute atomic E-state index is 0.0192. The van der Waals surface area contributed by atoms with Gasteiger partial charge in [0.05, 0.1) is 6.54 Å². The van der Waals surface area contributed by atoms with Crippen LogP contribution in [0.15, 0.2) is 18.2 Å². The Morgan fingerprint density at radius 3 is 2.50 bits per heavy atom. The minimum Gasteiger partial charge on any atom is -0.435 e. The first-order chi connectivity index (χ1) is 13.9. The molecule has 0 unspecified atom stereocenters. The monoisotopic (exact) mass is 427 g/mol. The first-order valence-electron chi connectivity index (χ1n) is 10.0. The summed E-state index contributed by atoms with van der Waals surface area (Å²) in [7, 11) is 0. The van der Waals surface area contributed by atoms with Crippen molar-refractivity contribution in [3.63, 3.8) is 0 Å². The second kappa shape index (κ2) is 8.45. The smallest absolute Gasteiger partial charge is 0.387 e. The van der Waals surface area contributed by atoms with Crippen molar-refractivity contribution in [1.29, 1.82) is 0 Å². The molecule has 1 aromatic rings. The van der Waals surface area contributed by atoms with E-state index in [2.05, 4.69) is 20.3 Å². The third kappa shape index (κ3) is 5.87. The summed E-state index contributed by atoms with van der Waals surface area (Å²) >= 11 is 0. The Kier molecular flexibility index (Phi) is 6.31. The van der Waals surface area contributed by atoms with Crippen molar-refractivity contribution in [2.24, 2.45) is 11.3 Å². The molecule has 1 aliphatic carbocycles. The Bertz CT molecular complexity index is 796. The molecule has 1 saturated heterocycles. The van der Waals surface area contributed by atoms with Crippen molar-refractivity contribution >= 4 is 11.8 Å². The SMILES string of the molecule is CC(C)(C)NC(=O)CN1CC2(CC(CNC(=O)c3cc(F)cc(OC(F)F)c3)C2)C1. The number of hydrogen-bond donors (Lipinski definition) is 2. The Labute approximate surface area is 174 Å². The quantitative estimate of drug-likeness (QED) is 0.702. The van der Waals surface area contributed by atoms with Crippen LogP contribution < -0.4 is 15.4 Å². The highest BCUT2D eigenvalue weighted by molar-refractivity contribution is 5.94. The Morgan fingerprint density at radius 1 is 1.23 bits per heavy atom. The number of halogens is 3. The van der Waals surface area contributed by atoms with Crippen LogP contribution in [-0.2, 0) is 4.79 Å². The van der Waals surface area contributed by atoms with Crippen LogP contribution >= 0.6 is 0 Å². The second-order valence-corrected chi connectivity index (χ2v) is 9.48. The van der Waals surface area contributed by atoms with Crippen LogP contribution in [0.25, 0.3) is 0 Å². The predicted octanol–water partition coefficient (Wildman–Crippen LogP) is 2.78. The molecule has 0 radical (unpaired) electrons. The zero-order valence-corrected chi connectivity index (χ0v) is 17.4. The molecule has 1 aromatic carbocycles. The molecule has 0 aromatic heterocycles. The number of carbonyl (C=O) groups is 2. The van der Waals surface area contributed by atoms with Gasteiger partial charge in [-0.1, -0.05) is 0 Å². The summed E-state index contributed by atoms with van der Waals surface area (Å²) in [5.74, 6) is -1.40. The molecular weight excluding hydrogens is 399 g/mol. The number of amides is 2. The van der Waals surface area contributed by atoms with Gasteiger partial charge >= 0.3 is 6.61 Å². The van der Waals surface area contributed by atoms with Gasteiger partial charge in [-0.2, -0.15) is 8.78 Å². The molecule has 2 fully saturated rings. The fraction of sp³-hybridized carbons (Fsp3) is 0.619. The van der Waals surface area contributed by atoms with Crippen LogP contribution in [0, 0.1) is 17.2 Å². The van der Waals surface area contributed by atoms with Gasteiger partial charge in [-0.05, 0) is 57.1 Å². The highest BCUT2D eigenvalue weighted by Gasteiger charge is 2.52. The zero-order valence-electron chi connectivity index (χ0n) is 17.4. The molecule has 0 atom stereocenters. The molecule has 9 heteroatoms. The molecule has 1 saturated carbocycles. The van der Waals surface area contributed by atoms with Gasteiger partial charge in [0.1, 0.15) is 11.6 Å². The molecule has 0 bridgehead atoms. The van der Waals surface area contributed by atoms with E-state index in [4.69, 9.17) is 0 Å². The van der Waals surface area contributed by atoms with E-state index in [0.717, 1.165) is 44.1 Å². The molecule has 30 heavy (non-hydrogen) atoms. The lowest BCUT2D eigenvalue weighted by atomic mass is 9.57. The first kappa shape index (κ1) is 22.4. The summed E-state index contributed by atoms with van der Waals surface area (Å²) < 4.78 is 42.3. The lowest BCUT2D eigenvalue weighted by molar-refractivity contribution is -0.133. The van der Waals surface area contributed by atoms with Gasteiger partial charge in [0.2, 0.25) is 5.91 Å². The Hall–Kier alpha value is -2.29. The van der Waals surface area contributed by atoms with Gasteiger partial charge in [-0.3, -0.25) is 14.5 Å². The second-order valence-electron chi connectivity index (χ2n) is 9.48. The van der Waals surface area contributed by atoms with Crippen LogP contribution in [0.5, 0.6) is 5.75 Å². The van der Waals surface area contributed by atoms with E-state index in [9.17, 15) is 22.8 Å². The molecular formula is C21H28F3N3O3. The maximum Gasteiger partial charge on any atom is 0.387 e. The van der Waals surface area contributed by atoms with Crippen molar-refractivity contribution in [2.45, 2.75) is 45.8 Å². The van der Waals surface area contributed by atoms with Crippen molar-refractivity contribution in [2.75, 3.05) is 26.2 Å². The number of carbonyl (C=O) groups excluding carboxylic acids is 2. The Balaban J connectivity index is 1.39. The van der Waals surface area contributed by atoms with Crippen LogP contribution in [0.4, 0.5) is 13.2 Å². The average Bonchev–Trinajstić information content (AvgIpc) is 2.51. The molecule has 1 aliphatic heterocycles. The van der Waals surface area contributed by atoms with E-state index in [1.807, 2.05) is 20.8 Å². The summed E-state index contributed by atoms with van der Waals surface area (Å²) in [6.45, 7) is 5.32. The number of nitrogens with zero attached hydrogens (tertiary/aromatic N) is 1. The van der Waals surface area contributed by atoms with Crippen molar-refractivity contribution < 1.29 is 27.5 Å². The lowest BCUT2D eigenvalue weighted by Gasteiger charge is -2.59. The van der Waals surface area contributed by atoms with Crippen molar-refractivity contribution in [1.82, 2.24) is 15.5 Å². The molecule has 1 spiro atoms. The third-order valence-electron chi connectivity index (χ3n) is 5.35. The molecule has 166 valence electrons. The number of hydrogen-bond acceptors (Lipinski definition) is 4. The topological polar surface area (TPSA) is 70.7 Å². The van der Waals surface area contributed by atoms with Crippen molar-refractivity contribution in [3.8, 4) is 5.75 Å². The molecule has 3 rings (SSSR count). The van der Waals surface area contributed by atoms with Gasteiger partial charge < -0.3 is 15.4 Å². The number of likely N-dealkylation sites (tertiary alicyclic amines) is 1. The normalized spacial score (nSPS) is 18.6. The minimum atomic E-state index is -3.09. The van der Waals surface area contributed by atoms with Crippen molar-refractivity contribution in [3.05, 3.63) is 29.6 Å². The summed E-state index contributed by atoms with van der Waals surface area (Å²) in [5, 5.41) is 5.69. The Morgan fingerprint density at radius 2 is 1.90 bits per heavy atom. The van der Waals surface area contributed by atoms with Gasteiger partial charge in [0.15, 0.2) is 0 Å². The van der Waals surface area contributed by atoms with E-state index >= 15 is 0 Å². The zero-order chi connectivity index (χ0) is 22.1. The lowest BCUT2D eigenvalue weighted by Crippen LogP contribution is -2.64.